The first-order chi connectivity index (χ1) is 17.7. The van der Waals surface area contributed by atoms with Crippen molar-refractivity contribution in [2.45, 2.75) is 32.0 Å². The maximum atomic E-state index is 13.0. The number of halogens is 3. The number of anilines is 2. The van der Waals surface area contributed by atoms with Gasteiger partial charge in [-0.1, -0.05) is 24.3 Å². The molecule has 2 heterocycles. The highest BCUT2D eigenvalue weighted by Gasteiger charge is 2.33. The predicted molar refractivity (Wildman–Crippen MR) is 136 cm³/mol. The Morgan fingerprint density at radius 3 is 2.51 bits per heavy atom. The van der Waals surface area contributed by atoms with Gasteiger partial charge in [-0.3, -0.25) is 19.8 Å². The summed E-state index contributed by atoms with van der Waals surface area (Å²) in [5, 5.41) is 12.8. The Balaban J connectivity index is 1.34. The van der Waals surface area contributed by atoms with E-state index in [1.165, 1.54) is 11.0 Å². The zero-order valence-corrected chi connectivity index (χ0v) is 20.2. The number of carbonyl (C=O) groups excluding carboxylic acids is 1. The molecule has 0 aromatic heterocycles. The highest BCUT2D eigenvalue weighted by atomic mass is 19.4. The van der Waals surface area contributed by atoms with E-state index in [2.05, 4.69) is 9.80 Å². The number of hydrogen-bond acceptors (Lipinski definition) is 5. The minimum absolute atomic E-state index is 0.0256. The van der Waals surface area contributed by atoms with Crippen LogP contribution in [0.3, 0.4) is 0 Å². The molecular weight excluding hydrogens is 485 g/mol. The molecule has 5 rings (SSSR count). The van der Waals surface area contributed by atoms with Crippen LogP contribution in [0, 0.1) is 10.1 Å². The number of amides is 1. The molecule has 0 spiro atoms. The van der Waals surface area contributed by atoms with Crippen LogP contribution in [-0.4, -0.2) is 54.6 Å². The Morgan fingerprint density at radius 2 is 1.73 bits per heavy atom. The molecule has 1 saturated heterocycles. The van der Waals surface area contributed by atoms with Gasteiger partial charge in [-0.05, 0) is 36.6 Å². The highest BCUT2D eigenvalue weighted by Crippen LogP contribution is 2.42. The largest absolute Gasteiger partial charge is 0.389 e. The van der Waals surface area contributed by atoms with Gasteiger partial charge < -0.3 is 9.80 Å². The second kappa shape index (κ2) is 10.0. The lowest BCUT2D eigenvalue weighted by atomic mass is 10.0. The van der Waals surface area contributed by atoms with Crippen LogP contribution in [0.15, 0.2) is 54.6 Å². The summed E-state index contributed by atoms with van der Waals surface area (Å²) in [5.74, 6) is -0.251. The summed E-state index contributed by atoms with van der Waals surface area (Å²) in [4.78, 5) is 29.8. The molecule has 1 fully saturated rings. The summed E-state index contributed by atoms with van der Waals surface area (Å²) < 4.78 is 38.0. The minimum Gasteiger partial charge on any atom is -0.370 e. The molecule has 7 nitrogen and oxygen atoms in total. The molecule has 0 bridgehead atoms. The van der Waals surface area contributed by atoms with Crippen LogP contribution in [0.5, 0.6) is 0 Å². The maximum absolute atomic E-state index is 13.0. The van der Waals surface area contributed by atoms with Gasteiger partial charge in [0.15, 0.2) is 0 Å². The van der Waals surface area contributed by atoms with E-state index in [1.54, 1.807) is 18.2 Å². The summed E-state index contributed by atoms with van der Waals surface area (Å²) in [6.45, 7) is 3.84. The fourth-order valence-electron chi connectivity index (χ4n) is 5.36. The van der Waals surface area contributed by atoms with E-state index in [4.69, 9.17) is 0 Å². The number of non-ortho nitro benzene ring substituents is 1. The normalized spacial score (nSPS) is 16.5. The summed E-state index contributed by atoms with van der Waals surface area (Å²) >= 11 is 0. The van der Waals surface area contributed by atoms with Crippen molar-refractivity contribution in [2.75, 3.05) is 42.5 Å². The minimum atomic E-state index is -4.25. The van der Waals surface area contributed by atoms with Gasteiger partial charge in [-0.2, -0.15) is 13.2 Å². The number of benzene rings is 3. The number of rotatable bonds is 7. The SMILES string of the molecule is O=C1c2cccc3c(N4CCCN(Cc5cccc([N+](=O)[O-])c5)CC4)ccc(c23)N1CCCC(F)(F)F. The lowest BCUT2D eigenvalue weighted by Gasteiger charge is -2.26. The topological polar surface area (TPSA) is 69.9 Å². The molecule has 0 N–H and O–H groups in total. The Bertz CT molecular complexity index is 1340. The fraction of sp³-hybridized carbons (Fsp3) is 0.370. The Labute approximate surface area is 212 Å². The highest BCUT2D eigenvalue weighted by molar-refractivity contribution is 6.26. The van der Waals surface area contributed by atoms with Gasteiger partial charge in [0.25, 0.3) is 11.6 Å². The first-order valence-corrected chi connectivity index (χ1v) is 12.4. The molecule has 3 aromatic carbocycles. The van der Waals surface area contributed by atoms with Gasteiger partial charge in [0.2, 0.25) is 0 Å². The third kappa shape index (κ3) is 5.24. The van der Waals surface area contributed by atoms with Gasteiger partial charge in [0.05, 0.1) is 10.6 Å². The van der Waals surface area contributed by atoms with E-state index in [1.807, 2.05) is 30.3 Å². The number of carbonyl (C=O) groups is 1. The van der Waals surface area contributed by atoms with Crippen LogP contribution in [0.1, 0.15) is 35.2 Å². The van der Waals surface area contributed by atoms with Gasteiger partial charge in [0.1, 0.15) is 0 Å². The number of nitrogens with zero attached hydrogens (tertiary/aromatic N) is 4. The van der Waals surface area contributed by atoms with Crippen LogP contribution in [-0.2, 0) is 6.54 Å². The Hall–Kier alpha value is -3.66. The van der Waals surface area contributed by atoms with Crippen LogP contribution in [0.2, 0.25) is 0 Å². The predicted octanol–water partition coefficient (Wildman–Crippen LogP) is 5.76. The average Bonchev–Trinajstić information content (AvgIpc) is 2.99. The molecule has 0 saturated carbocycles. The van der Waals surface area contributed by atoms with Crippen molar-refractivity contribution < 1.29 is 22.9 Å². The Morgan fingerprint density at radius 1 is 0.946 bits per heavy atom. The van der Waals surface area contributed by atoms with Crippen LogP contribution in [0.25, 0.3) is 10.8 Å². The lowest BCUT2D eigenvalue weighted by Crippen LogP contribution is -2.30. The van der Waals surface area contributed by atoms with E-state index in [-0.39, 0.29) is 29.5 Å². The second-order valence-electron chi connectivity index (χ2n) is 9.55. The summed E-state index contributed by atoms with van der Waals surface area (Å²) in [6, 6.07) is 16.1. The number of hydrogen-bond donors (Lipinski definition) is 0. The van der Waals surface area contributed by atoms with Crippen molar-refractivity contribution in [2.24, 2.45) is 0 Å². The molecule has 0 unspecified atom stereocenters. The van der Waals surface area contributed by atoms with Crippen molar-refractivity contribution in [3.63, 3.8) is 0 Å². The van der Waals surface area contributed by atoms with Crippen LogP contribution in [0.4, 0.5) is 30.2 Å². The Kier molecular flexibility index (Phi) is 6.76. The van der Waals surface area contributed by atoms with E-state index in [0.717, 1.165) is 54.6 Å². The van der Waals surface area contributed by atoms with Crippen molar-refractivity contribution >= 4 is 33.7 Å². The van der Waals surface area contributed by atoms with Gasteiger partial charge in [-0.15, -0.1) is 0 Å². The van der Waals surface area contributed by atoms with Crippen LogP contribution < -0.4 is 9.80 Å². The molecule has 2 aliphatic rings. The molecule has 2 aliphatic heterocycles. The van der Waals surface area contributed by atoms with Crippen molar-refractivity contribution in [1.82, 2.24) is 4.90 Å². The molecule has 0 atom stereocenters. The third-order valence-electron chi connectivity index (χ3n) is 7.06. The van der Waals surface area contributed by atoms with Crippen LogP contribution >= 0.6 is 0 Å². The molecule has 0 aliphatic carbocycles. The van der Waals surface area contributed by atoms with Gasteiger partial charge in [0, 0.05) is 79.8 Å². The number of nitro benzene ring substituents is 1. The van der Waals surface area contributed by atoms with E-state index in [9.17, 15) is 28.1 Å². The zero-order chi connectivity index (χ0) is 26.2. The summed E-state index contributed by atoms with van der Waals surface area (Å²) in [5.41, 5.74) is 3.19. The third-order valence-corrected chi connectivity index (χ3v) is 7.06. The molecule has 1 amide bonds. The van der Waals surface area contributed by atoms with Crippen molar-refractivity contribution in [3.8, 4) is 0 Å². The van der Waals surface area contributed by atoms with E-state index in [0.29, 0.717) is 17.8 Å². The zero-order valence-electron chi connectivity index (χ0n) is 20.2. The van der Waals surface area contributed by atoms with Crippen molar-refractivity contribution in [3.05, 3.63) is 75.8 Å². The lowest BCUT2D eigenvalue weighted by molar-refractivity contribution is -0.384. The van der Waals surface area contributed by atoms with Gasteiger partial charge >= 0.3 is 6.18 Å². The molecule has 3 aromatic rings. The first kappa shape index (κ1) is 25.0. The van der Waals surface area contributed by atoms with Gasteiger partial charge in [-0.25, -0.2) is 0 Å². The number of alkyl halides is 3. The molecule has 10 heteroatoms. The molecular formula is C27H27F3N4O3. The molecule has 194 valence electrons. The number of nitro groups is 1. The smallest absolute Gasteiger partial charge is 0.370 e. The quantitative estimate of drug-likeness (QED) is 0.297. The summed E-state index contributed by atoms with van der Waals surface area (Å²) in [6.07, 6.45) is -4.40. The van der Waals surface area contributed by atoms with E-state index < -0.39 is 12.6 Å². The molecule has 37 heavy (non-hydrogen) atoms. The van der Waals surface area contributed by atoms with Crippen molar-refractivity contribution in [1.29, 1.82) is 0 Å². The summed E-state index contributed by atoms with van der Waals surface area (Å²) in [7, 11) is 0. The molecule has 0 radical (unpaired) electrons. The average molecular weight is 513 g/mol. The maximum Gasteiger partial charge on any atom is 0.389 e. The monoisotopic (exact) mass is 512 g/mol. The first-order valence-electron chi connectivity index (χ1n) is 12.4. The second-order valence-corrected chi connectivity index (χ2v) is 9.55. The standard InChI is InChI=1S/C27H27F3N4O3/c28-27(29,30)11-3-14-33-24-10-9-23(21-7-2-8-22(25(21)24)26(33)35)32-13-4-12-31(15-16-32)18-19-5-1-6-20(17-19)34(36)37/h1-2,5-10,17H,3-4,11-16,18H2. The fourth-order valence-corrected chi connectivity index (χ4v) is 5.36. The van der Waals surface area contributed by atoms with E-state index >= 15 is 0 Å².